The SMILES string of the molecule is CN(C)C(N)=NC1CC(c2cc(F)cc(F)c2)C1. The molecule has 0 bridgehead atoms. The molecule has 0 heterocycles. The summed E-state index contributed by atoms with van der Waals surface area (Å²) in [5, 5.41) is 0. The van der Waals surface area contributed by atoms with Gasteiger partial charge in [-0.2, -0.15) is 0 Å². The Morgan fingerprint density at radius 1 is 1.22 bits per heavy atom. The number of halogens is 2. The van der Waals surface area contributed by atoms with E-state index in [0.29, 0.717) is 11.5 Å². The number of benzene rings is 1. The van der Waals surface area contributed by atoms with Gasteiger partial charge in [-0.05, 0) is 36.5 Å². The van der Waals surface area contributed by atoms with E-state index in [9.17, 15) is 8.78 Å². The third kappa shape index (κ3) is 2.78. The van der Waals surface area contributed by atoms with Crippen molar-refractivity contribution in [3.63, 3.8) is 0 Å². The molecule has 1 aromatic carbocycles. The summed E-state index contributed by atoms with van der Waals surface area (Å²) in [5.41, 5.74) is 6.43. The molecule has 1 saturated carbocycles. The third-order valence-corrected chi connectivity index (χ3v) is 3.24. The molecular weight excluding hydrogens is 236 g/mol. The van der Waals surface area contributed by atoms with E-state index in [2.05, 4.69) is 4.99 Å². The van der Waals surface area contributed by atoms with Crippen LogP contribution in [0.1, 0.15) is 24.3 Å². The summed E-state index contributed by atoms with van der Waals surface area (Å²) in [6, 6.07) is 3.83. The molecular formula is C13H17F2N3. The van der Waals surface area contributed by atoms with Crippen LogP contribution in [0.5, 0.6) is 0 Å². The van der Waals surface area contributed by atoms with Gasteiger partial charge in [0.2, 0.25) is 0 Å². The molecule has 5 heteroatoms. The minimum Gasteiger partial charge on any atom is -0.370 e. The van der Waals surface area contributed by atoms with Crippen molar-refractivity contribution in [1.82, 2.24) is 4.90 Å². The second kappa shape index (κ2) is 4.92. The van der Waals surface area contributed by atoms with Gasteiger partial charge in [-0.3, -0.25) is 0 Å². The van der Waals surface area contributed by atoms with E-state index in [0.717, 1.165) is 18.9 Å². The number of hydrogen-bond donors (Lipinski definition) is 1. The van der Waals surface area contributed by atoms with Crippen molar-refractivity contribution in [3.05, 3.63) is 35.4 Å². The van der Waals surface area contributed by atoms with Gasteiger partial charge in [0, 0.05) is 20.2 Å². The summed E-state index contributed by atoms with van der Waals surface area (Å²) in [5.74, 6) is -0.378. The van der Waals surface area contributed by atoms with E-state index < -0.39 is 11.6 Å². The fourth-order valence-electron chi connectivity index (χ4n) is 2.08. The van der Waals surface area contributed by atoms with Gasteiger partial charge in [-0.25, -0.2) is 13.8 Å². The number of rotatable bonds is 2. The average Bonchev–Trinajstić information content (AvgIpc) is 2.20. The van der Waals surface area contributed by atoms with Crippen LogP contribution in [0.25, 0.3) is 0 Å². The standard InChI is InChI=1S/C13H17F2N3/c1-18(2)13(16)17-12-5-9(6-12)8-3-10(14)7-11(15)4-8/h3-4,7,9,12H,5-6H2,1-2H3,(H2,16,17). The maximum Gasteiger partial charge on any atom is 0.190 e. The molecule has 0 saturated heterocycles. The van der Waals surface area contributed by atoms with Crippen molar-refractivity contribution in [1.29, 1.82) is 0 Å². The topological polar surface area (TPSA) is 41.6 Å². The summed E-state index contributed by atoms with van der Waals surface area (Å²) >= 11 is 0. The summed E-state index contributed by atoms with van der Waals surface area (Å²) in [6.45, 7) is 0. The minimum absolute atomic E-state index is 0.156. The lowest BCUT2D eigenvalue weighted by atomic mass is 9.76. The molecule has 1 fully saturated rings. The van der Waals surface area contributed by atoms with Crippen molar-refractivity contribution >= 4 is 5.96 Å². The highest BCUT2D eigenvalue weighted by molar-refractivity contribution is 5.77. The van der Waals surface area contributed by atoms with E-state index in [1.165, 1.54) is 12.1 Å². The van der Waals surface area contributed by atoms with E-state index in [4.69, 9.17) is 5.73 Å². The van der Waals surface area contributed by atoms with Crippen LogP contribution in [-0.2, 0) is 0 Å². The number of guanidine groups is 1. The summed E-state index contributed by atoms with van der Waals surface area (Å²) in [6.07, 6.45) is 1.58. The smallest absolute Gasteiger partial charge is 0.190 e. The molecule has 0 aliphatic heterocycles. The summed E-state index contributed by atoms with van der Waals surface area (Å²) in [7, 11) is 3.66. The predicted molar refractivity (Wildman–Crippen MR) is 67.4 cm³/mol. The van der Waals surface area contributed by atoms with Crippen LogP contribution in [-0.4, -0.2) is 31.0 Å². The fourth-order valence-corrected chi connectivity index (χ4v) is 2.08. The Morgan fingerprint density at radius 3 is 2.28 bits per heavy atom. The highest BCUT2D eigenvalue weighted by atomic mass is 19.1. The molecule has 0 radical (unpaired) electrons. The Morgan fingerprint density at radius 2 is 1.78 bits per heavy atom. The van der Waals surface area contributed by atoms with Crippen LogP contribution in [0, 0.1) is 11.6 Å². The third-order valence-electron chi connectivity index (χ3n) is 3.24. The summed E-state index contributed by atoms with van der Waals surface area (Å²) in [4.78, 5) is 6.08. The van der Waals surface area contributed by atoms with E-state index in [1.807, 2.05) is 14.1 Å². The Labute approximate surface area is 105 Å². The number of aliphatic imine (C=N–C) groups is 1. The lowest BCUT2D eigenvalue weighted by molar-refractivity contribution is 0.348. The monoisotopic (exact) mass is 253 g/mol. The maximum atomic E-state index is 13.1. The molecule has 0 atom stereocenters. The van der Waals surface area contributed by atoms with Gasteiger partial charge in [0.25, 0.3) is 0 Å². The first kappa shape index (κ1) is 12.8. The Hall–Kier alpha value is -1.65. The van der Waals surface area contributed by atoms with E-state index >= 15 is 0 Å². The van der Waals surface area contributed by atoms with Gasteiger partial charge in [0.15, 0.2) is 5.96 Å². The Bertz CT molecular complexity index is 445. The molecule has 1 aromatic rings. The molecule has 2 rings (SSSR count). The van der Waals surface area contributed by atoms with Crippen LogP contribution in [0.15, 0.2) is 23.2 Å². The second-order valence-corrected chi connectivity index (χ2v) is 4.91. The van der Waals surface area contributed by atoms with Gasteiger partial charge < -0.3 is 10.6 Å². The molecule has 0 aromatic heterocycles. The highest BCUT2D eigenvalue weighted by Gasteiger charge is 2.31. The molecule has 2 N–H and O–H groups in total. The molecule has 1 aliphatic rings. The highest BCUT2D eigenvalue weighted by Crippen LogP contribution is 2.39. The van der Waals surface area contributed by atoms with Crippen LogP contribution < -0.4 is 5.73 Å². The first-order valence-electron chi connectivity index (χ1n) is 5.92. The fraction of sp³-hybridized carbons (Fsp3) is 0.462. The summed E-state index contributed by atoms with van der Waals surface area (Å²) < 4.78 is 26.1. The normalized spacial score (nSPS) is 23.7. The molecule has 18 heavy (non-hydrogen) atoms. The van der Waals surface area contributed by atoms with Crippen molar-refractivity contribution in [2.45, 2.75) is 24.8 Å². The number of nitrogens with two attached hydrogens (primary N) is 1. The molecule has 0 spiro atoms. The van der Waals surface area contributed by atoms with Crippen LogP contribution in [0.3, 0.4) is 0 Å². The average molecular weight is 253 g/mol. The zero-order valence-electron chi connectivity index (χ0n) is 10.5. The largest absolute Gasteiger partial charge is 0.370 e. The molecule has 0 amide bonds. The van der Waals surface area contributed by atoms with Crippen molar-refractivity contribution in [2.75, 3.05) is 14.1 Å². The van der Waals surface area contributed by atoms with Crippen molar-refractivity contribution in [2.24, 2.45) is 10.7 Å². The van der Waals surface area contributed by atoms with Crippen LogP contribution >= 0.6 is 0 Å². The van der Waals surface area contributed by atoms with Crippen LogP contribution in [0.2, 0.25) is 0 Å². The van der Waals surface area contributed by atoms with Gasteiger partial charge in [0.1, 0.15) is 11.6 Å². The zero-order valence-corrected chi connectivity index (χ0v) is 10.5. The lowest BCUT2D eigenvalue weighted by Crippen LogP contribution is -2.35. The maximum absolute atomic E-state index is 13.1. The van der Waals surface area contributed by atoms with E-state index in [1.54, 1.807) is 4.90 Å². The molecule has 3 nitrogen and oxygen atoms in total. The number of nitrogens with zero attached hydrogens (tertiary/aromatic N) is 2. The molecule has 0 unspecified atom stereocenters. The minimum atomic E-state index is -0.523. The quantitative estimate of drug-likeness (QED) is 0.647. The molecule has 98 valence electrons. The van der Waals surface area contributed by atoms with Gasteiger partial charge >= 0.3 is 0 Å². The Kier molecular flexibility index (Phi) is 3.50. The van der Waals surface area contributed by atoms with E-state index in [-0.39, 0.29) is 12.0 Å². The van der Waals surface area contributed by atoms with Gasteiger partial charge in [0.05, 0.1) is 6.04 Å². The van der Waals surface area contributed by atoms with Crippen LogP contribution in [0.4, 0.5) is 8.78 Å². The molecule has 1 aliphatic carbocycles. The van der Waals surface area contributed by atoms with Gasteiger partial charge in [-0.15, -0.1) is 0 Å². The zero-order chi connectivity index (χ0) is 13.3. The number of hydrogen-bond acceptors (Lipinski definition) is 1. The Balaban J connectivity index is 1.98. The second-order valence-electron chi connectivity index (χ2n) is 4.91. The first-order chi connectivity index (χ1) is 8.45. The van der Waals surface area contributed by atoms with Crippen molar-refractivity contribution < 1.29 is 8.78 Å². The lowest BCUT2D eigenvalue weighted by Gasteiger charge is -2.33. The first-order valence-corrected chi connectivity index (χ1v) is 5.92. The van der Waals surface area contributed by atoms with Crippen molar-refractivity contribution in [3.8, 4) is 0 Å². The van der Waals surface area contributed by atoms with Gasteiger partial charge in [-0.1, -0.05) is 0 Å². The predicted octanol–water partition coefficient (Wildman–Crippen LogP) is 2.09.